The standard InChI is InChI=1S/C21H23N5O2/c1-15-8-9-18(14-22-15)21(27)26-12-10-25(11-13-26)16(2)20-23-19(24-28-20)17-6-4-3-5-7-17/h3-9,14,16H,10-13H2,1-2H3. The third kappa shape index (κ3) is 3.80. The average molecular weight is 377 g/mol. The lowest BCUT2D eigenvalue weighted by atomic mass is 10.2. The van der Waals surface area contributed by atoms with E-state index in [-0.39, 0.29) is 11.9 Å². The quantitative estimate of drug-likeness (QED) is 0.696. The molecule has 1 fully saturated rings. The number of rotatable bonds is 4. The van der Waals surface area contributed by atoms with Crippen LogP contribution >= 0.6 is 0 Å². The molecule has 144 valence electrons. The zero-order chi connectivity index (χ0) is 19.5. The minimum Gasteiger partial charge on any atom is -0.337 e. The Hall–Kier alpha value is -3.06. The largest absolute Gasteiger partial charge is 0.337 e. The number of hydrogen-bond acceptors (Lipinski definition) is 6. The highest BCUT2D eigenvalue weighted by atomic mass is 16.5. The first kappa shape index (κ1) is 18.3. The Morgan fingerprint density at radius 2 is 1.82 bits per heavy atom. The van der Waals surface area contributed by atoms with Crippen molar-refractivity contribution in [3.63, 3.8) is 0 Å². The Bertz CT molecular complexity index is 931. The summed E-state index contributed by atoms with van der Waals surface area (Å²) >= 11 is 0. The maximum Gasteiger partial charge on any atom is 0.255 e. The van der Waals surface area contributed by atoms with E-state index < -0.39 is 0 Å². The van der Waals surface area contributed by atoms with Crippen molar-refractivity contribution < 1.29 is 9.32 Å². The van der Waals surface area contributed by atoms with Crippen molar-refractivity contribution in [2.24, 2.45) is 0 Å². The van der Waals surface area contributed by atoms with Crippen LogP contribution in [0.1, 0.15) is 34.9 Å². The van der Waals surface area contributed by atoms with Gasteiger partial charge in [-0.1, -0.05) is 35.5 Å². The van der Waals surface area contributed by atoms with Gasteiger partial charge in [0.15, 0.2) is 0 Å². The summed E-state index contributed by atoms with van der Waals surface area (Å²) in [6, 6.07) is 13.5. The first-order chi connectivity index (χ1) is 13.6. The summed E-state index contributed by atoms with van der Waals surface area (Å²) in [4.78, 5) is 25.6. The van der Waals surface area contributed by atoms with E-state index in [0.717, 1.165) is 24.3 Å². The number of nitrogens with zero attached hydrogens (tertiary/aromatic N) is 5. The van der Waals surface area contributed by atoms with Crippen molar-refractivity contribution in [3.8, 4) is 11.4 Å². The maximum atomic E-state index is 12.6. The van der Waals surface area contributed by atoms with Gasteiger partial charge in [-0.15, -0.1) is 0 Å². The van der Waals surface area contributed by atoms with E-state index in [9.17, 15) is 4.79 Å². The van der Waals surface area contributed by atoms with E-state index >= 15 is 0 Å². The van der Waals surface area contributed by atoms with Gasteiger partial charge in [-0.3, -0.25) is 14.7 Å². The molecule has 0 N–H and O–H groups in total. The SMILES string of the molecule is Cc1ccc(C(=O)N2CCN(C(C)c3nc(-c4ccccc4)no3)CC2)cn1. The first-order valence-corrected chi connectivity index (χ1v) is 9.47. The average Bonchev–Trinajstić information content (AvgIpc) is 3.24. The predicted octanol–water partition coefficient (Wildman–Crippen LogP) is 2.96. The van der Waals surface area contributed by atoms with Crippen LogP contribution in [0.25, 0.3) is 11.4 Å². The number of pyridine rings is 1. The van der Waals surface area contributed by atoms with E-state index in [0.29, 0.717) is 30.4 Å². The number of hydrogen-bond donors (Lipinski definition) is 0. The van der Waals surface area contributed by atoms with Crippen LogP contribution in [0, 0.1) is 6.92 Å². The molecule has 28 heavy (non-hydrogen) atoms. The summed E-state index contributed by atoms with van der Waals surface area (Å²) < 4.78 is 5.50. The lowest BCUT2D eigenvalue weighted by molar-refractivity contribution is 0.0551. The van der Waals surface area contributed by atoms with Gasteiger partial charge in [0.25, 0.3) is 5.91 Å². The molecule has 3 aromatic rings. The molecule has 0 spiro atoms. The molecule has 3 heterocycles. The fourth-order valence-electron chi connectivity index (χ4n) is 3.35. The Morgan fingerprint density at radius 3 is 2.50 bits per heavy atom. The molecule has 0 saturated carbocycles. The molecule has 1 aromatic carbocycles. The molecule has 1 atom stereocenters. The fraction of sp³-hybridized carbons (Fsp3) is 0.333. The molecule has 1 unspecified atom stereocenters. The van der Waals surface area contributed by atoms with Gasteiger partial charge < -0.3 is 9.42 Å². The highest BCUT2D eigenvalue weighted by Crippen LogP contribution is 2.23. The molecule has 1 aliphatic rings. The zero-order valence-electron chi connectivity index (χ0n) is 16.1. The Balaban J connectivity index is 1.38. The molecule has 0 aliphatic carbocycles. The summed E-state index contributed by atoms with van der Waals surface area (Å²) in [5.74, 6) is 1.23. The van der Waals surface area contributed by atoms with Crippen LogP contribution in [0.5, 0.6) is 0 Å². The van der Waals surface area contributed by atoms with Crippen LogP contribution < -0.4 is 0 Å². The molecule has 1 amide bonds. The summed E-state index contributed by atoms with van der Waals surface area (Å²) in [5.41, 5.74) is 2.48. The number of aromatic nitrogens is 3. The molecular formula is C21H23N5O2. The number of benzene rings is 1. The van der Waals surface area contributed by atoms with E-state index in [1.165, 1.54) is 0 Å². The van der Waals surface area contributed by atoms with Crippen molar-refractivity contribution >= 4 is 5.91 Å². The number of piperazine rings is 1. The normalized spacial score (nSPS) is 16.1. The van der Waals surface area contributed by atoms with Gasteiger partial charge in [0.05, 0.1) is 11.6 Å². The van der Waals surface area contributed by atoms with Crippen LogP contribution in [0.15, 0.2) is 53.2 Å². The van der Waals surface area contributed by atoms with Crippen molar-refractivity contribution in [3.05, 3.63) is 65.8 Å². The van der Waals surface area contributed by atoms with Gasteiger partial charge in [-0.05, 0) is 26.0 Å². The first-order valence-electron chi connectivity index (χ1n) is 9.47. The van der Waals surface area contributed by atoms with E-state index in [1.807, 2.05) is 54.3 Å². The van der Waals surface area contributed by atoms with Crippen LogP contribution in [0.3, 0.4) is 0 Å². The summed E-state index contributed by atoms with van der Waals surface area (Å²) in [5, 5.41) is 4.11. The topological polar surface area (TPSA) is 75.4 Å². The molecule has 7 nitrogen and oxygen atoms in total. The summed E-state index contributed by atoms with van der Waals surface area (Å²) in [7, 11) is 0. The third-order valence-corrected chi connectivity index (χ3v) is 5.14. The van der Waals surface area contributed by atoms with Gasteiger partial charge in [0, 0.05) is 43.6 Å². The van der Waals surface area contributed by atoms with E-state index in [2.05, 4.69) is 26.9 Å². The fourth-order valence-corrected chi connectivity index (χ4v) is 3.35. The number of carbonyl (C=O) groups is 1. The zero-order valence-corrected chi connectivity index (χ0v) is 16.1. The van der Waals surface area contributed by atoms with Gasteiger partial charge in [0.2, 0.25) is 11.7 Å². The van der Waals surface area contributed by atoms with Crippen LogP contribution in [0.4, 0.5) is 0 Å². The van der Waals surface area contributed by atoms with Crippen LogP contribution in [-0.2, 0) is 0 Å². The van der Waals surface area contributed by atoms with Crippen molar-refractivity contribution in [2.45, 2.75) is 19.9 Å². The minimum absolute atomic E-state index is 0.00301. The second kappa shape index (κ2) is 7.90. The lowest BCUT2D eigenvalue weighted by Crippen LogP contribution is -2.49. The monoisotopic (exact) mass is 377 g/mol. The number of aryl methyl sites for hydroxylation is 1. The van der Waals surface area contributed by atoms with Gasteiger partial charge in [0.1, 0.15) is 0 Å². The van der Waals surface area contributed by atoms with Gasteiger partial charge in [-0.25, -0.2) is 0 Å². The smallest absolute Gasteiger partial charge is 0.255 e. The summed E-state index contributed by atoms with van der Waals surface area (Å²) in [6.07, 6.45) is 1.65. The second-order valence-corrected chi connectivity index (χ2v) is 7.01. The Kier molecular flexibility index (Phi) is 5.16. The predicted molar refractivity (Wildman–Crippen MR) is 105 cm³/mol. The molecule has 7 heteroatoms. The van der Waals surface area contributed by atoms with Crippen LogP contribution in [0.2, 0.25) is 0 Å². The number of amides is 1. The molecule has 1 aliphatic heterocycles. The van der Waals surface area contributed by atoms with E-state index in [1.54, 1.807) is 6.20 Å². The molecule has 0 bridgehead atoms. The Morgan fingerprint density at radius 1 is 1.07 bits per heavy atom. The second-order valence-electron chi connectivity index (χ2n) is 7.01. The van der Waals surface area contributed by atoms with Crippen molar-refractivity contribution in [2.75, 3.05) is 26.2 Å². The third-order valence-electron chi connectivity index (χ3n) is 5.14. The van der Waals surface area contributed by atoms with Gasteiger partial charge in [-0.2, -0.15) is 4.98 Å². The highest BCUT2D eigenvalue weighted by Gasteiger charge is 2.28. The highest BCUT2D eigenvalue weighted by molar-refractivity contribution is 5.94. The molecule has 1 saturated heterocycles. The maximum absolute atomic E-state index is 12.6. The molecule has 2 aromatic heterocycles. The molecule has 4 rings (SSSR count). The summed E-state index contributed by atoms with van der Waals surface area (Å²) in [6.45, 7) is 6.82. The lowest BCUT2D eigenvalue weighted by Gasteiger charge is -2.36. The Labute approximate surface area is 164 Å². The van der Waals surface area contributed by atoms with Crippen molar-refractivity contribution in [1.29, 1.82) is 0 Å². The van der Waals surface area contributed by atoms with Crippen LogP contribution in [-0.4, -0.2) is 57.0 Å². The molecular weight excluding hydrogens is 354 g/mol. The molecule has 0 radical (unpaired) electrons. The number of carbonyl (C=O) groups excluding carboxylic acids is 1. The minimum atomic E-state index is 0.00301. The van der Waals surface area contributed by atoms with E-state index in [4.69, 9.17) is 4.52 Å². The van der Waals surface area contributed by atoms with Gasteiger partial charge >= 0.3 is 0 Å². The van der Waals surface area contributed by atoms with Crippen molar-refractivity contribution in [1.82, 2.24) is 24.9 Å².